The van der Waals surface area contributed by atoms with Gasteiger partial charge in [0.25, 0.3) is 5.91 Å². The molecule has 0 bridgehead atoms. The summed E-state index contributed by atoms with van der Waals surface area (Å²) in [7, 11) is 0. The van der Waals surface area contributed by atoms with Gasteiger partial charge in [0.05, 0.1) is 23.9 Å². The summed E-state index contributed by atoms with van der Waals surface area (Å²) in [5.74, 6) is -1.32. The Hall–Kier alpha value is -3.52. The van der Waals surface area contributed by atoms with Gasteiger partial charge in [-0.15, -0.1) is 0 Å². The van der Waals surface area contributed by atoms with Crippen LogP contribution in [0.5, 0.6) is 0 Å². The monoisotopic (exact) mass is 521 g/mol. The molecular formula is C26H21BrFN3O3. The summed E-state index contributed by atoms with van der Waals surface area (Å²) < 4.78 is 19.7. The summed E-state index contributed by atoms with van der Waals surface area (Å²) in [4.78, 5) is 27.3. The van der Waals surface area contributed by atoms with Crippen LogP contribution in [0.4, 0.5) is 14.9 Å². The number of rotatable bonds is 4. The van der Waals surface area contributed by atoms with E-state index < -0.39 is 24.0 Å². The van der Waals surface area contributed by atoms with Gasteiger partial charge in [-0.3, -0.25) is 9.80 Å². The van der Waals surface area contributed by atoms with E-state index in [1.807, 2.05) is 55.5 Å². The Morgan fingerprint density at radius 2 is 1.82 bits per heavy atom. The minimum atomic E-state index is -0.854. The van der Waals surface area contributed by atoms with Crippen LogP contribution in [0.3, 0.4) is 0 Å². The minimum Gasteiger partial charge on any atom is -0.447 e. The first kappa shape index (κ1) is 22.3. The highest BCUT2D eigenvalue weighted by atomic mass is 79.9. The van der Waals surface area contributed by atoms with Crippen molar-refractivity contribution in [2.75, 3.05) is 18.2 Å². The molecule has 0 saturated carbocycles. The van der Waals surface area contributed by atoms with Crippen LogP contribution >= 0.6 is 15.9 Å². The fourth-order valence-corrected chi connectivity index (χ4v) is 4.66. The third-order valence-electron chi connectivity index (χ3n) is 6.00. The number of nitrogens with zero attached hydrogens (tertiary/aromatic N) is 3. The van der Waals surface area contributed by atoms with Crippen molar-refractivity contribution >= 4 is 39.3 Å². The summed E-state index contributed by atoms with van der Waals surface area (Å²) in [5, 5.41) is 6.58. The van der Waals surface area contributed by atoms with Gasteiger partial charge in [-0.1, -0.05) is 57.9 Å². The number of hydrazone groups is 1. The van der Waals surface area contributed by atoms with Gasteiger partial charge in [-0.05, 0) is 54.4 Å². The van der Waals surface area contributed by atoms with Gasteiger partial charge < -0.3 is 4.74 Å². The highest BCUT2D eigenvalue weighted by Gasteiger charge is 2.48. The number of imide groups is 1. The number of anilines is 1. The lowest BCUT2D eigenvalue weighted by atomic mass is 9.84. The van der Waals surface area contributed by atoms with Crippen molar-refractivity contribution in [1.29, 1.82) is 0 Å². The van der Waals surface area contributed by atoms with E-state index in [4.69, 9.17) is 9.84 Å². The van der Waals surface area contributed by atoms with Gasteiger partial charge >= 0.3 is 6.09 Å². The van der Waals surface area contributed by atoms with Crippen molar-refractivity contribution in [3.8, 4) is 0 Å². The molecule has 3 aromatic carbocycles. The van der Waals surface area contributed by atoms with Crippen LogP contribution in [0, 0.1) is 12.7 Å². The smallest absolute Gasteiger partial charge is 0.416 e. The molecule has 6 nitrogen and oxygen atoms in total. The number of benzene rings is 3. The molecule has 0 radical (unpaired) electrons. The number of hydrogen-bond donors (Lipinski definition) is 0. The Kier molecular flexibility index (Phi) is 5.91. The number of ether oxygens (including phenoxy) is 1. The number of cyclic esters (lactones) is 1. The fraction of sp³-hybridized carbons (Fsp3) is 0.192. The number of aryl methyl sites for hydroxylation is 1. The lowest BCUT2D eigenvalue weighted by Crippen LogP contribution is -2.48. The second kappa shape index (κ2) is 9.02. The van der Waals surface area contributed by atoms with E-state index in [0.717, 1.165) is 26.1 Å². The van der Waals surface area contributed by atoms with Gasteiger partial charge in [0, 0.05) is 4.47 Å². The van der Waals surface area contributed by atoms with Gasteiger partial charge in [-0.25, -0.2) is 14.1 Å². The first-order chi connectivity index (χ1) is 16.4. The zero-order chi connectivity index (χ0) is 23.8. The van der Waals surface area contributed by atoms with Crippen molar-refractivity contribution in [1.82, 2.24) is 4.90 Å². The van der Waals surface area contributed by atoms with Gasteiger partial charge in [0.1, 0.15) is 18.5 Å². The molecule has 0 aliphatic carbocycles. The van der Waals surface area contributed by atoms with Crippen molar-refractivity contribution in [3.63, 3.8) is 0 Å². The summed E-state index contributed by atoms with van der Waals surface area (Å²) in [6.07, 6.45) is -0.664. The molecule has 2 aliphatic rings. The first-order valence-corrected chi connectivity index (χ1v) is 11.7. The Morgan fingerprint density at radius 1 is 1.09 bits per heavy atom. The maximum atomic E-state index is 13.8. The summed E-state index contributed by atoms with van der Waals surface area (Å²) >= 11 is 3.45. The second-order valence-electron chi connectivity index (χ2n) is 8.25. The van der Waals surface area contributed by atoms with Crippen LogP contribution in [0.15, 0.2) is 82.4 Å². The number of carbonyl (C=O) groups is 2. The molecule has 8 heteroatoms. The quantitative estimate of drug-likeness (QED) is 0.470. The lowest BCUT2D eigenvalue weighted by Gasteiger charge is -2.29. The van der Waals surface area contributed by atoms with Crippen LogP contribution in [-0.4, -0.2) is 41.8 Å². The van der Waals surface area contributed by atoms with Crippen molar-refractivity contribution < 1.29 is 18.7 Å². The Morgan fingerprint density at radius 3 is 2.47 bits per heavy atom. The van der Waals surface area contributed by atoms with Crippen molar-refractivity contribution in [2.24, 2.45) is 5.10 Å². The highest BCUT2D eigenvalue weighted by molar-refractivity contribution is 9.10. The molecule has 2 atom stereocenters. The number of carbonyl (C=O) groups excluding carboxylic acids is 2. The molecule has 0 aromatic heterocycles. The van der Waals surface area contributed by atoms with Crippen LogP contribution in [-0.2, 0) is 9.53 Å². The zero-order valence-electron chi connectivity index (χ0n) is 18.3. The Balaban J connectivity index is 1.69. The van der Waals surface area contributed by atoms with Gasteiger partial charge in [-0.2, -0.15) is 5.10 Å². The Bertz CT molecular complexity index is 1280. The molecule has 0 unspecified atom stereocenters. The third-order valence-corrected chi connectivity index (χ3v) is 6.53. The van der Waals surface area contributed by atoms with E-state index in [2.05, 4.69) is 15.9 Å². The van der Waals surface area contributed by atoms with Gasteiger partial charge in [0.15, 0.2) is 0 Å². The molecule has 2 aliphatic heterocycles. The largest absolute Gasteiger partial charge is 0.447 e. The molecule has 1 fully saturated rings. The van der Waals surface area contributed by atoms with Crippen molar-refractivity contribution in [2.45, 2.75) is 18.9 Å². The maximum Gasteiger partial charge on any atom is 0.416 e. The third kappa shape index (κ3) is 4.09. The maximum absolute atomic E-state index is 13.8. The molecule has 172 valence electrons. The number of halogens is 2. The van der Waals surface area contributed by atoms with Gasteiger partial charge in [0.2, 0.25) is 0 Å². The van der Waals surface area contributed by atoms with E-state index in [1.54, 1.807) is 17.1 Å². The molecule has 34 heavy (non-hydrogen) atoms. The van der Waals surface area contributed by atoms with Crippen LogP contribution in [0.1, 0.15) is 22.6 Å². The lowest BCUT2D eigenvalue weighted by molar-refractivity contribution is -0.129. The van der Waals surface area contributed by atoms with E-state index in [1.165, 1.54) is 12.1 Å². The SMILES string of the molecule is Cc1cccc(C2=NN(c3ccc(Br)cc3)[C@@H](C(=O)N3CCOC3=O)[C@@H]2c2ccc(F)cc2)c1. The predicted molar refractivity (Wildman–Crippen MR) is 130 cm³/mol. The standard InChI is InChI=1S/C26H21BrFN3O3/c1-16-3-2-4-18(15-16)23-22(17-5-9-20(28)10-6-17)24(25(32)30-13-14-34-26(30)33)31(29-23)21-11-7-19(27)8-12-21/h2-12,15,22,24H,13-14H2,1H3/t22-,24-/m1/s1. The minimum absolute atomic E-state index is 0.155. The predicted octanol–water partition coefficient (Wildman–Crippen LogP) is 5.25. The van der Waals surface area contributed by atoms with E-state index >= 15 is 0 Å². The summed E-state index contributed by atoms with van der Waals surface area (Å²) in [6.45, 7) is 2.32. The molecule has 0 spiro atoms. The molecule has 1 saturated heterocycles. The topological polar surface area (TPSA) is 62.2 Å². The zero-order valence-corrected chi connectivity index (χ0v) is 19.9. The average molecular weight is 522 g/mol. The van der Waals surface area contributed by atoms with E-state index in [0.29, 0.717) is 11.4 Å². The molecule has 3 aromatic rings. The fourth-order valence-electron chi connectivity index (χ4n) is 4.40. The van der Waals surface area contributed by atoms with Crippen LogP contribution in [0.2, 0.25) is 0 Å². The molecule has 2 amide bonds. The highest BCUT2D eigenvalue weighted by Crippen LogP contribution is 2.39. The van der Waals surface area contributed by atoms with Crippen LogP contribution in [0.25, 0.3) is 0 Å². The Labute approximate surface area is 204 Å². The molecule has 2 heterocycles. The normalized spacial score (nSPS) is 19.9. The molecular weight excluding hydrogens is 501 g/mol. The summed E-state index contributed by atoms with van der Waals surface area (Å²) in [5.41, 5.74) is 4.00. The average Bonchev–Trinajstić information content (AvgIpc) is 3.44. The summed E-state index contributed by atoms with van der Waals surface area (Å²) in [6, 6.07) is 20.5. The second-order valence-corrected chi connectivity index (χ2v) is 9.17. The van der Waals surface area contributed by atoms with E-state index in [9.17, 15) is 14.0 Å². The molecule has 0 N–H and O–H groups in total. The van der Waals surface area contributed by atoms with Crippen LogP contribution < -0.4 is 5.01 Å². The first-order valence-electron chi connectivity index (χ1n) is 10.9. The van der Waals surface area contributed by atoms with E-state index in [-0.39, 0.29) is 19.0 Å². The number of amides is 2. The van der Waals surface area contributed by atoms with Crippen molar-refractivity contribution in [3.05, 3.63) is 99.8 Å². The molecule has 5 rings (SSSR count). The number of hydrogen-bond acceptors (Lipinski definition) is 5.